The van der Waals surface area contributed by atoms with Gasteiger partial charge in [0.05, 0.1) is 6.85 Å². The van der Waals surface area contributed by atoms with E-state index in [1.807, 2.05) is 36.4 Å². The van der Waals surface area contributed by atoms with E-state index in [1.54, 1.807) is 0 Å². The summed E-state index contributed by atoms with van der Waals surface area (Å²) in [7, 11) is 0. The molecule has 1 aliphatic rings. The fourth-order valence-electron chi connectivity index (χ4n) is 6.82. The van der Waals surface area contributed by atoms with Crippen LogP contribution in [-0.4, -0.2) is 0 Å². The highest BCUT2D eigenvalue weighted by Gasteiger charge is 2.37. The van der Waals surface area contributed by atoms with Crippen molar-refractivity contribution in [2.45, 2.75) is 19.3 Å². The Morgan fingerprint density at radius 1 is 0.462 bits per heavy atom. The van der Waals surface area contributed by atoms with Gasteiger partial charge in [-0.05, 0) is 82.9 Å². The maximum atomic E-state index is 8.87. The van der Waals surface area contributed by atoms with Crippen molar-refractivity contribution in [2.24, 2.45) is 0 Å². The second-order valence-corrected chi connectivity index (χ2v) is 10.9. The summed E-state index contributed by atoms with van der Waals surface area (Å²) in [6.07, 6.45) is 0. The van der Waals surface area contributed by atoms with Gasteiger partial charge in [-0.15, -0.1) is 0 Å². The predicted octanol–water partition coefficient (Wildman–Crippen LogP) is 10.8. The number of hydrogen-bond acceptors (Lipinski definition) is 0. The third kappa shape index (κ3) is 3.06. The van der Waals surface area contributed by atoms with Crippen molar-refractivity contribution in [1.82, 2.24) is 0 Å². The number of hydrogen-bond donors (Lipinski definition) is 0. The molecule has 0 heteroatoms. The molecule has 0 atom stereocenters. The van der Waals surface area contributed by atoms with Gasteiger partial charge in [-0.25, -0.2) is 0 Å². The lowest BCUT2D eigenvalue weighted by molar-refractivity contribution is 0.661. The van der Waals surface area contributed by atoms with Gasteiger partial charge in [-0.3, -0.25) is 0 Å². The lowest BCUT2D eigenvalue weighted by atomic mass is 9.79. The van der Waals surface area contributed by atoms with Gasteiger partial charge in [-0.2, -0.15) is 0 Å². The molecular formula is C39H28. The van der Waals surface area contributed by atoms with E-state index in [0.29, 0.717) is 5.56 Å². The molecular weight excluding hydrogens is 468 g/mol. The SMILES string of the molecule is [2H]c1c([2H])c([2H])c(-c2c3ccccc3c(-c3cc4c(c5ccccc35)-c3ccccc3C4(C)C)c3ccccc23)c([2H])c1[2H]. The highest BCUT2D eigenvalue weighted by molar-refractivity contribution is 6.24. The minimum atomic E-state index is -0.387. The van der Waals surface area contributed by atoms with E-state index in [4.69, 9.17) is 6.85 Å². The number of fused-ring (bicyclic) bond motifs is 7. The van der Waals surface area contributed by atoms with Crippen LogP contribution in [0.15, 0.2) is 133 Å². The maximum Gasteiger partial charge on any atom is 0.0629 e. The Labute approximate surface area is 236 Å². The number of benzene rings is 7. The Kier molecular flexibility index (Phi) is 3.71. The van der Waals surface area contributed by atoms with Crippen LogP contribution in [0.3, 0.4) is 0 Å². The Balaban J connectivity index is 1.57. The van der Waals surface area contributed by atoms with Gasteiger partial charge < -0.3 is 0 Å². The van der Waals surface area contributed by atoms with Crippen LogP contribution in [0.1, 0.15) is 31.8 Å². The molecule has 0 aliphatic heterocycles. The molecule has 8 rings (SSSR count). The summed E-state index contributed by atoms with van der Waals surface area (Å²) in [6.45, 7) is 4.60. The van der Waals surface area contributed by atoms with Crippen molar-refractivity contribution in [3.63, 3.8) is 0 Å². The Morgan fingerprint density at radius 3 is 1.56 bits per heavy atom. The van der Waals surface area contributed by atoms with Gasteiger partial charge in [0.15, 0.2) is 0 Å². The minimum absolute atomic E-state index is 0.191. The fraction of sp³-hybridized carbons (Fsp3) is 0.0769. The summed E-state index contributed by atoms with van der Waals surface area (Å²) in [4.78, 5) is 0. The highest BCUT2D eigenvalue weighted by Crippen LogP contribution is 2.54. The molecule has 0 heterocycles. The third-order valence-corrected chi connectivity index (χ3v) is 8.54. The fourth-order valence-corrected chi connectivity index (χ4v) is 6.82. The molecule has 39 heavy (non-hydrogen) atoms. The molecule has 0 unspecified atom stereocenters. The van der Waals surface area contributed by atoms with E-state index in [9.17, 15) is 0 Å². The first kappa shape index (κ1) is 17.8. The zero-order valence-corrected chi connectivity index (χ0v) is 21.8. The largest absolute Gasteiger partial charge is 0.0629 e. The first-order chi connectivity index (χ1) is 21.2. The summed E-state index contributed by atoms with van der Waals surface area (Å²) in [6, 6.07) is 34.4. The Bertz CT molecular complexity index is 2280. The zero-order chi connectivity index (χ0) is 30.5. The van der Waals surface area contributed by atoms with Crippen molar-refractivity contribution >= 4 is 32.3 Å². The molecule has 7 aromatic rings. The van der Waals surface area contributed by atoms with Crippen molar-refractivity contribution in [3.8, 4) is 33.4 Å². The smallest absolute Gasteiger partial charge is 0.0622 e. The van der Waals surface area contributed by atoms with Gasteiger partial charge in [0.25, 0.3) is 0 Å². The maximum absolute atomic E-state index is 8.87. The summed E-state index contributed by atoms with van der Waals surface area (Å²) in [5.74, 6) is 0. The van der Waals surface area contributed by atoms with Crippen LogP contribution in [0.2, 0.25) is 0 Å². The molecule has 0 fully saturated rings. The standard InChI is InChI=1S/C39H28/c1-39(2)34-23-13-12-22-32(34)38-27-17-7-6-16-26(27)33(24-35(38)39)37-30-20-10-8-18-28(30)36(25-14-4-3-5-15-25)29-19-9-11-21-31(29)37/h3-24H,1-2H3/i3D,4D,5D,14D,15D. The van der Waals surface area contributed by atoms with Gasteiger partial charge in [-0.1, -0.05) is 141 Å². The summed E-state index contributed by atoms with van der Waals surface area (Å²) in [5.41, 5.74) is 8.08. The van der Waals surface area contributed by atoms with Crippen LogP contribution in [0.5, 0.6) is 0 Å². The van der Waals surface area contributed by atoms with Crippen LogP contribution in [0.4, 0.5) is 0 Å². The minimum Gasteiger partial charge on any atom is -0.0622 e. The molecule has 0 spiro atoms. The summed E-state index contributed by atoms with van der Waals surface area (Å²) >= 11 is 0. The molecule has 0 aromatic heterocycles. The molecule has 0 bridgehead atoms. The molecule has 0 amide bonds. The molecule has 1 aliphatic carbocycles. The van der Waals surface area contributed by atoms with Crippen LogP contribution < -0.4 is 0 Å². The van der Waals surface area contributed by atoms with Crippen molar-refractivity contribution in [3.05, 3.63) is 144 Å². The van der Waals surface area contributed by atoms with E-state index in [2.05, 4.69) is 80.6 Å². The average Bonchev–Trinajstić information content (AvgIpc) is 3.28. The van der Waals surface area contributed by atoms with Gasteiger partial charge >= 0.3 is 0 Å². The van der Waals surface area contributed by atoms with Crippen LogP contribution in [0, 0.1) is 0 Å². The van der Waals surface area contributed by atoms with E-state index in [-0.39, 0.29) is 41.2 Å². The lowest BCUT2D eigenvalue weighted by Gasteiger charge is -2.24. The third-order valence-electron chi connectivity index (χ3n) is 8.54. The summed E-state index contributed by atoms with van der Waals surface area (Å²) in [5, 5.41) is 6.03. The Morgan fingerprint density at radius 2 is 0.949 bits per heavy atom. The topological polar surface area (TPSA) is 0 Å². The van der Waals surface area contributed by atoms with E-state index >= 15 is 0 Å². The van der Waals surface area contributed by atoms with Crippen molar-refractivity contribution in [2.75, 3.05) is 0 Å². The van der Waals surface area contributed by atoms with Gasteiger partial charge in [0, 0.05) is 5.41 Å². The second-order valence-electron chi connectivity index (χ2n) is 10.9. The molecule has 0 N–H and O–H groups in total. The van der Waals surface area contributed by atoms with E-state index in [1.165, 1.54) is 27.6 Å². The van der Waals surface area contributed by atoms with Gasteiger partial charge in [0.2, 0.25) is 0 Å². The van der Waals surface area contributed by atoms with Gasteiger partial charge in [0.1, 0.15) is 0 Å². The first-order valence-electron chi connectivity index (χ1n) is 15.9. The van der Waals surface area contributed by atoms with Crippen LogP contribution in [0.25, 0.3) is 65.7 Å². The van der Waals surface area contributed by atoms with E-state index in [0.717, 1.165) is 38.1 Å². The average molecular weight is 502 g/mol. The van der Waals surface area contributed by atoms with E-state index < -0.39 is 0 Å². The second kappa shape index (κ2) is 8.16. The normalized spacial score (nSPS) is 15.4. The number of rotatable bonds is 2. The summed E-state index contributed by atoms with van der Waals surface area (Å²) < 4.78 is 42.8. The molecule has 0 saturated carbocycles. The monoisotopic (exact) mass is 501 g/mol. The predicted molar refractivity (Wildman–Crippen MR) is 167 cm³/mol. The molecule has 184 valence electrons. The zero-order valence-electron chi connectivity index (χ0n) is 26.8. The molecule has 7 aromatic carbocycles. The first-order valence-corrected chi connectivity index (χ1v) is 13.4. The quantitative estimate of drug-likeness (QED) is 0.207. The van der Waals surface area contributed by atoms with Crippen molar-refractivity contribution in [1.29, 1.82) is 0 Å². The van der Waals surface area contributed by atoms with Crippen LogP contribution in [-0.2, 0) is 5.41 Å². The van der Waals surface area contributed by atoms with Crippen LogP contribution >= 0.6 is 0 Å². The molecule has 0 radical (unpaired) electrons. The highest BCUT2D eigenvalue weighted by atomic mass is 14.4. The molecule has 0 saturated heterocycles. The molecule has 0 nitrogen and oxygen atoms in total. The van der Waals surface area contributed by atoms with Crippen molar-refractivity contribution < 1.29 is 6.85 Å². The lowest BCUT2D eigenvalue weighted by Crippen LogP contribution is -2.15. The Hall–Kier alpha value is -4.68.